The van der Waals surface area contributed by atoms with Crippen LogP contribution in [0.2, 0.25) is 0 Å². The van der Waals surface area contributed by atoms with E-state index in [4.69, 9.17) is 4.74 Å². The van der Waals surface area contributed by atoms with Crippen molar-refractivity contribution in [3.8, 4) is 0 Å². The molecule has 5 nitrogen and oxygen atoms in total. The van der Waals surface area contributed by atoms with Gasteiger partial charge in [-0.2, -0.15) is 0 Å². The molecule has 1 aliphatic heterocycles. The van der Waals surface area contributed by atoms with Gasteiger partial charge in [-0.05, 0) is 50.1 Å². The van der Waals surface area contributed by atoms with Crippen LogP contribution in [0.4, 0.5) is 5.69 Å². The molecule has 1 atom stereocenters. The van der Waals surface area contributed by atoms with Gasteiger partial charge < -0.3 is 4.74 Å². The largest absolute Gasteiger partial charge is 0.462 e. The second-order valence-electron chi connectivity index (χ2n) is 5.73. The molecular formula is C18H19NO4S. The number of fused-ring (bicyclic) bond motifs is 1. The number of carbonyl (C=O) groups is 1. The molecule has 2 aromatic rings. The summed E-state index contributed by atoms with van der Waals surface area (Å²) in [6.45, 7) is 3.83. The van der Waals surface area contributed by atoms with Gasteiger partial charge in [-0.1, -0.05) is 24.3 Å². The lowest BCUT2D eigenvalue weighted by atomic mass is 10.1. The van der Waals surface area contributed by atoms with Crippen molar-refractivity contribution < 1.29 is 17.9 Å². The van der Waals surface area contributed by atoms with E-state index in [1.165, 1.54) is 16.4 Å². The third kappa shape index (κ3) is 2.78. The number of benzene rings is 2. The zero-order valence-electron chi connectivity index (χ0n) is 13.6. The molecule has 0 aromatic heterocycles. The summed E-state index contributed by atoms with van der Waals surface area (Å²) in [6.07, 6.45) is 0.674. The van der Waals surface area contributed by atoms with Gasteiger partial charge in [0.05, 0.1) is 22.8 Å². The average molecular weight is 345 g/mol. The molecule has 0 spiro atoms. The normalized spacial score (nSPS) is 16.8. The van der Waals surface area contributed by atoms with E-state index in [2.05, 4.69) is 0 Å². The van der Waals surface area contributed by atoms with Gasteiger partial charge in [0.1, 0.15) is 0 Å². The SMILES string of the molecule is CCOC(=O)c1cccc(S(=O)(=O)N2c3ccccc3C[C@H]2C)c1. The van der Waals surface area contributed by atoms with Crippen molar-refractivity contribution in [1.29, 1.82) is 0 Å². The third-order valence-electron chi connectivity index (χ3n) is 4.05. The van der Waals surface area contributed by atoms with Crippen LogP contribution in [-0.2, 0) is 21.2 Å². The first-order valence-corrected chi connectivity index (χ1v) is 9.28. The minimum absolute atomic E-state index is 0.0941. The zero-order valence-corrected chi connectivity index (χ0v) is 14.4. The summed E-state index contributed by atoms with van der Waals surface area (Å²) in [5.74, 6) is -0.524. The highest BCUT2D eigenvalue weighted by Crippen LogP contribution is 2.36. The maximum absolute atomic E-state index is 13.1. The fourth-order valence-corrected chi connectivity index (χ4v) is 4.75. The first kappa shape index (κ1) is 16.5. The van der Waals surface area contributed by atoms with Crippen LogP contribution in [0.5, 0.6) is 0 Å². The van der Waals surface area contributed by atoms with E-state index in [0.717, 1.165) is 5.56 Å². The van der Waals surface area contributed by atoms with Crippen molar-refractivity contribution in [3.63, 3.8) is 0 Å². The first-order valence-electron chi connectivity index (χ1n) is 7.84. The number of hydrogen-bond acceptors (Lipinski definition) is 4. The molecular weight excluding hydrogens is 326 g/mol. The Morgan fingerprint density at radius 3 is 2.71 bits per heavy atom. The number of anilines is 1. The Balaban J connectivity index is 2.03. The molecule has 0 bridgehead atoms. The van der Waals surface area contributed by atoms with Gasteiger partial charge >= 0.3 is 5.97 Å². The number of ether oxygens (including phenoxy) is 1. The summed E-state index contributed by atoms with van der Waals surface area (Å²) in [4.78, 5) is 12.0. The molecule has 0 aliphatic carbocycles. The van der Waals surface area contributed by atoms with Gasteiger partial charge in [-0.15, -0.1) is 0 Å². The fraction of sp³-hybridized carbons (Fsp3) is 0.278. The number of sulfonamides is 1. The Bertz CT molecular complexity index is 876. The maximum atomic E-state index is 13.1. The lowest BCUT2D eigenvalue weighted by molar-refractivity contribution is 0.0526. The molecule has 0 unspecified atom stereocenters. The molecule has 24 heavy (non-hydrogen) atoms. The van der Waals surface area contributed by atoms with Gasteiger partial charge in [0.2, 0.25) is 0 Å². The number of para-hydroxylation sites is 1. The minimum Gasteiger partial charge on any atom is -0.462 e. The molecule has 0 saturated carbocycles. The Hall–Kier alpha value is -2.34. The van der Waals surface area contributed by atoms with Crippen LogP contribution >= 0.6 is 0 Å². The number of carbonyl (C=O) groups excluding carboxylic acids is 1. The van der Waals surface area contributed by atoms with Crippen LogP contribution in [-0.4, -0.2) is 27.0 Å². The van der Waals surface area contributed by atoms with Gasteiger partial charge in [0.25, 0.3) is 10.0 Å². The van der Waals surface area contributed by atoms with Crippen molar-refractivity contribution in [1.82, 2.24) is 0 Å². The first-order chi connectivity index (χ1) is 11.4. The van der Waals surface area contributed by atoms with E-state index in [1.807, 2.05) is 31.2 Å². The van der Waals surface area contributed by atoms with Crippen LogP contribution in [0.1, 0.15) is 29.8 Å². The van der Waals surface area contributed by atoms with Crippen molar-refractivity contribution in [2.45, 2.75) is 31.2 Å². The summed E-state index contributed by atoms with van der Waals surface area (Å²) in [5, 5.41) is 0. The van der Waals surface area contributed by atoms with Crippen LogP contribution in [0.25, 0.3) is 0 Å². The monoisotopic (exact) mass is 345 g/mol. The van der Waals surface area contributed by atoms with E-state index in [1.54, 1.807) is 19.1 Å². The lowest BCUT2D eigenvalue weighted by Gasteiger charge is -2.24. The van der Waals surface area contributed by atoms with Crippen molar-refractivity contribution in [2.24, 2.45) is 0 Å². The van der Waals surface area contributed by atoms with E-state index >= 15 is 0 Å². The van der Waals surface area contributed by atoms with Crippen molar-refractivity contribution in [2.75, 3.05) is 10.9 Å². The van der Waals surface area contributed by atoms with E-state index < -0.39 is 16.0 Å². The molecule has 1 aliphatic rings. The second-order valence-corrected chi connectivity index (χ2v) is 7.55. The fourth-order valence-electron chi connectivity index (χ4n) is 3.01. The summed E-state index contributed by atoms with van der Waals surface area (Å²) in [6, 6.07) is 13.3. The zero-order chi connectivity index (χ0) is 17.3. The van der Waals surface area contributed by atoms with Crippen LogP contribution < -0.4 is 4.31 Å². The molecule has 0 fully saturated rings. The highest BCUT2D eigenvalue weighted by Gasteiger charge is 2.36. The highest BCUT2D eigenvalue weighted by molar-refractivity contribution is 7.92. The molecule has 6 heteroatoms. The predicted octanol–water partition coefficient (Wildman–Crippen LogP) is 3.00. The topological polar surface area (TPSA) is 63.7 Å². The molecule has 2 aromatic carbocycles. The number of hydrogen-bond donors (Lipinski definition) is 0. The molecule has 1 heterocycles. The second kappa shape index (κ2) is 6.28. The average Bonchev–Trinajstić information content (AvgIpc) is 2.91. The number of esters is 1. The van der Waals surface area contributed by atoms with E-state index in [9.17, 15) is 13.2 Å². The maximum Gasteiger partial charge on any atom is 0.338 e. The predicted molar refractivity (Wildman–Crippen MR) is 91.7 cm³/mol. The number of rotatable bonds is 4. The molecule has 3 rings (SSSR count). The molecule has 0 radical (unpaired) electrons. The summed E-state index contributed by atoms with van der Waals surface area (Å²) < 4.78 is 32.6. The standard InChI is InChI=1S/C18H19NO4S/c1-3-23-18(20)15-8-6-9-16(12-15)24(21,22)19-13(2)11-14-7-4-5-10-17(14)19/h4-10,12-13H,3,11H2,1-2H3/t13-/m1/s1. The Morgan fingerprint density at radius 1 is 1.21 bits per heavy atom. The molecule has 0 saturated heterocycles. The van der Waals surface area contributed by atoms with Crippen molar-refractivity contribution >= 4 is 21.7 Å². The minimum atomic E-state index is -3.75. The Labute approximate surface area is 141 Å². The quantitative estimate of drug-likeness (QED) is 0.799. The van der Waals surface area contributed by atoms with Crippen LogP contribution in [0.15, 0.2) is 53.4 Å². The molecule has 126 valence electrons. The molecule has 0 amide bonds. The van der Waals surface area contributed by atoms with Crippen molar-refractivity contribution in [3.05, 3.63) is 59.7 Å². The summed E-state index contributed by atoms with van der Waals surface area (Å²) in [5.41, 5.74) is 1.94. The van der Waals surface area contributed by atoms with Gasteiger partial charge in [0.15, 0.2) is 0 Å². The smallest absolute Gasteiger partial charge is 0.338 e. The molecule has 0 N–H and O–H groups in total. The Kier molecular flexibility index (Phi) is 4.32. The number of nitrogens with zero attached hydrogens (tertiary/aromatic N) is 1. The van der Waals surface area contributed by atoms with Crippen LogP contribution in [0, 0.1) is 0 Å². The lowest BCUT2D eigenvalue weighted by Crippen LogP contribution is -2.35. The third-order valence-corrected chi connectivity index (χ3v) is 5.97. The van der Waals surface area contributed by atoms with E-state index in [0.29, 0.717) is 12.1 Å². The summed E-state index contributed by atoms with van der Waals surface area (Å²) >= 11 is 0. The van der Waals surface area contributed by atoms with E-state index in [-0.39, 0.29) is 23.1 Å². The summed E-state index contributed by atoms with van der Waals surface area (Å²) in [7, 11) is -3.75. The van der Waals surface area contributed by atoms with Gasteiger partial charge in [0, 0.05) is 6.04 Å². The van der Waals surface area contributed by atoms with Gasteiger partial charge in [-0.3, -0.25) is 4.31 Å². The Morgan fingerprint density at radius 2 is 1.96 bits per heavy atom. The highest BCUT2D eigenvalue weighted by atomic mass is 32.2. The van der Waals surface area contributed by atoms with Crippen LogP contribution in [0.3, 0.4) is 0 Å². The van der Waals surface area contributed by atoms with Gasteiger partial charge in [-0.25, -0.2) is 13.2 Å².